The Bertz CT molecular complexity index is 29.4. The molecule has 0 fully saturated rings. The molecule has 0 amide bonds. The molecule has 0 saturated carbocycles. The number of rotatable bonds is 2. The van der Waals surface area contributed by atoms with Crippen molar-refractivity contribution in [2.75, 3.05) is 13.2 Å². The summed E-state index contributed by atoms with van der Waals surface area (Å²) in [5.41, 5.74) is 0. The van der Waals surface area contributed by atoms with Crippen LogP contribution in [-0.2, 0) is 0 Å². The van der Waals surface area contributed by atoms with Crippen LogP contribution in [0.25, 0.3) is 0 Å². The Balaban J connectivity index is 0. The van der Waals surface area contributed by atoms with Crippen LogP contribution in [0.3, 0.4) is 0 Å². The van der Waals surface area contributed by atoms with Gasteiger partial charge in [-0.2, -0.15) is 0 Å². The van der Waals surface area contributed by atoms with Crippen molar-refractivity contribution < 1.29 is 16.7 Å². The highest BCUT2D eigenvalue weighted by Crippen LogP contribution is 1.71. The molecule has 0 aromatic rings. The molecular formula is C3H10O3. The first kappa shape index (κ1) is 5.88. The van der Waals surface area contributed by atoms with Crippen LogP contribution in [0, 0.1) is 0 Å². The van der Waals surface area contributed by atoms with Gasteiger partial charge >= 0.3 is 0 Å². The van der Waals surface area contributed by atoms with Crippen molar-refractivity contribution in [3.8, 4) is 0 Å². The largest absolute Gasteiger partial charge is 0.394 e. The number of hydrogen-bond donors (Lipinski definition) is 3. The summed E-state index contributed by atoms with van der Waals surface area (Å²) in [5.74, 6) is 0. The quantitative estimate of drug-likeness (QED) is 0.393. The molecule has 0 aliphatic heterocycles. The van der Waals surface area contributed by atoms with E-state index in [1.807, 2.05) is 0 Å². The number of aliphatic hydroxyl groups excluding tert-OH is 3. The fraction of sp³-hybridized carbons (Fsp3) is 1.00. The van der Waals surface area contributed by atoms with Gasteiger partial charge in [-0.1, -0.05) is 0 Å². The Labute approximate surface area is 37.3 Å². The lowest BCUT2D eigenvalue weighted by Crippen LogP contribution is -2.15. The summed E-state index contributed by atoms with van der Waals surface area (Å²) < 4.78 is 0. The average molecular weight is 94.1 g/mol. The minimum atomic E-state index is -0.954. The van der Waals surface area contributed by atoms with E-state index < -0.39 is 6.10 Å². The average Bonchev–Trinajstić information content (AvgIpc) is 1.65. The molecule has 0 aliphatic rings. The maximum absolute atomic E-state index is 8.17. The summed E-state index contributed by atoms with van der Waals surface area (Å²) in [5, 5.41) is 24.0. The van der Waals surface area contributed by atoms with Crippen molar-refractivity contribution in [2.45, 2.75) is 6.10 Å². The van der Waals surface area contributed by atoms with Gasteiger partial charge < -0.3 is 15.3 Å². The highest BCUT2D eigenvalue weighted by atomic mass is 16.3. The third-order valence-corrected chi connectivity index (χ3v) is 0.421. The molecule has 0 spiro atoms. The Morgan fingerprint density at radius 1 is 1.33 bits per heavy atom. The second-order valence-corrected chi connectivity index (χ2v) is 1.02. The van der Waals surface area contributed by atoms with Crippen LogP contribution >= 0.6 is 0 Å². The molecule has 0 atom stereocenters. The highest BCUT2D eigenvalue weighted by Gasteiger charge is 1.93. The van der Waals surface area contributed by atoms with Gasteiger partial charge in [0.1, 0.15) is 6.10 Å². The van der Waals surface area contributed by atoms with Gasteiger partial charge in [0.15, 0.2) is 0 Å². The molecule has 0 saturated heterocycles. The smallest absolute Gasteiger partial charge is 0.100 e. The molecule has 6 heavy (non-hydrogen) atoms. The van der Waals surface area contributed by atoms with Gasteiger partial charge in [-0.15, -0.1) is 0 Å². The van der Waals surface area contributed by atoms with Crippen LogP contribution in [0.4, 0.5) is 0 Å². The summed E-state index contributed by atoms with van der Waals surface area (Å²) in [6, 6.07) is 0. The van der Waals surface area contributed by atoms with Crippen molar-refractivity contribution in [2.24, 2.45) is 0 Å². The molecule has 0 aromatic heterocycles. The van der Waals surface area contributed by atoms with Gasteiger partial charge in [0.2, 0.25) is 0 Å². The van der Waals surface area contributed by atoms with E-state index in [-0.39, 0.29) is 14.6 Å². The topological polar surface area (TPSA) is 60.7 Å². The minimum absolute atomic E-state index is 0. The molecule has 3 nitrogen and oxygen atoms in total. The van der Waals surface area contributed by atoms with Crippen LogP contribution in [0.15, 0.2) is 0 Å². The van der Waals surface area contributed by atoms with Crippen molar-refractivity contribution in [1.29, 1.82) is 0 Å². The SMILES string of the molecule is OCC(O)CO.[HH]. The summed E-state index contributed by atoms with van der Waals surface area (Å²) in [7, 11) is 0. The van der Waals surface area contributed by atoms with Gasteiger partial charge in [0.25, 0.3) is 0 Å². The lowest BCUT2D eigenvalue weighted by atomic mass is 10.4. The maximum atomic E-state index is 8.17. The van der Waals surface area contributed by atoms with E-state index in [9.17, 15) is 0 Å². The Hall–Kier alpha value is -0.120. The maximum Gasteiger partial charge on any atom is 0.100 e. The van der Waals surface area contributed by atoms with Crippen LogP contribution in [0.2, 0.25) is 0 Å². The molecule has 0 aromatic carbocycles. The van der Waals surface area contributed by atoms with Gasteiger partial charge in [0.05, 0.1) is 13.2 Å². The monoisotopic (exact) mass is 94.1 g/mol. The van der Waals surface area contributed by atoms with E-state index in [4.69, 9.17) is 15.3 Å². The third-order valence-electron chi connectivity index (χ3n) is 0.421. The third kappa shape index (κ3) is 2.14. The number of aliphatic hydroxyl groups is 3. The zero-order valence-corrected chi connectivity index (χ0v) is 3.33. The summed E-state index contributed by atoms with van der Waals surface area (Å²) in [6.45, 7) is -0.729. The zero-order valence-electron chi connectivity index (χ0n) is 3.33. The lowest BCUT2D eigenvalue weighted by Gasteiger charge is -1.96. The molecule has 0 aliphatic carbocycles. The summed E-state index contributed by atoms with van der Waals surface area (Å²) in [4.78, 5) is 0. The minimum Gasteiger partial charge on any atom is -0.394 e. The Morgan fingerprint density at radius 2 is 1.67 bits per heavy atom. The van der Waals surface area contributed by atoms with Gasteiger partial charge in [-0.3, -0.25) is 0 Å². The molecule has 0 heterocycles. The van der Waals surface area contributed by atoms with Crippen molar-refractivity contribution >= 4 is 0 Å². The highest BCUT2D eigenvalue weighted by molar-refractivity contribution is 4.43. The van der Waals surface area contributed by atoms with Crippen molar-refractivity contribution in [1.82, 2.24) is 0 Å². The van der Waals surface area contributed by atoms with E-state index in [2.05, 4.69) is 0 Å². The molecular weight excluding hydrogens is 84.0 g/mol. The second kappa shape index (κ2) is 3.08. The van der Waals surface area contributed by atoms with Gasteiger partial charge in [-0.05, 0) is 0 Å². The van der Waals surface area contributed by atoms with Gasteiger partial charge in [0, 0.05) is 1.43 Å². The van der Waals surface area contributed by atoms with Crippen LogP contribution < -0.4 is 0 Å². The van der Waals surface area contributed by atoms with E-state index in [0.717, 1.165) is 0 Å². The fourth-order valence-electron chi connectivity index (χ4n) is 0.0577. The van der Waals surface area contributed by atoms with Crippen molar-refractivity contribution in [3.05, 3.63) is 0 Å². The lowest BCUT2D eigenvalue weighted by molar-refractivity contribution is 0.0450. The first-order valence-electron chi connectivity index (χ1n) is 1.71. The first-order valence-corrected chi connectivity index (χ1v) is 1.71. The standard InChI is InChI=1S/C3H8O3.H2/c4-1-3(6)2-5;/h3-6H,1-2H2;1H. The van der Waals surface area contributed by atoms with E-state index in [0.29, 0.717) is 0 Å². The van der Waals surface area contributed by atoms with Crippen molar-refractivity contribution in [3.63, 3.8) is 0 Å². The van der Waals surface area contributed by atoms with Crippen LogP contribution in [0.5, 0.6) is 0 Å². The molecule has 3 heteroatoms. The molecule has 0 rings (SSSR count). The molecule has 3 N–H and O–H groups in total. The molecule has 0 radical (unpaired) electrons. The molecule has 0 bridgehead atoms. The predicted octanol–water partition coefficient (Wildman–Crippen LogP) is -1.42. The Kier molecular flexibility index (Phi) is 3.02. The predicted molar refractivity (Wildman–Crippen MR) is 22.3 cm³/mol. The Morgan fingerprint density at radius 3 is 1.67 bits per heavy atom. The van der Waals surface area contributed by atoms with E-state index in [1.165, 1.54) is 0 Å². The molecule has 40 valence electrons. The van der Waals surface area contributed by atoms with E-state index in [1.54, 1.807) is 0 Å². The normalized spacial score (nSPS) is 10.0. The first-order chi connectivity index (χ1) is 2.81. The summed E-state index contributed by atoms with van der Waals surface area (Å²) >= 11 is 0. The number of hydrogen-bond acceptors (Lipinski definition) is 3. The molecule has 0 unspecified atom stereocenters. The fourth-order valence-corrected chi connectivity index (χ4v) is 0.0577. The van der Waals surface area contributed by atoms with Crippen LogP contribution in [-0.4, -0.2) is 34.6 Å². The zero-order chi connectivity index (χ0) is 4.99. The van der Waals surface area contributed by atoms with Gasteiger partial charge in [-0.25, -0.2) is 0 Å². The summed E-state index contributed by atoms with van der Waals surface area (Å²) in [6.07, 6.45) is -0.954. The second-order valence-electron chi connectivity index (χ2n) is 1.02. The van der Waals surface area contributed by atoms with E-state index >= 15 is 0 Å². The van der Waals surface area contributed by atoms with Crippen LogP contribution in [0.1, 0.15) is 1.43 Å².